The van der Waals surface area contributed by atoms with Crippen LogP contribution in [-0.4, -0.2) is 70.6 Å². The highest BCUT2D eigenvalue weighted by atomic mass is 127. The lowest BCUT2D eigenvalue weighted by Crippen LogP contribution is -2.62. The molecule has 3 N–H and O–H groups in total. The summed E-state index contributed by atoms with van der Waals surface area (Å²) in [5, 5.41) is 14.1. The monoisotopic (exact) mass is 692 g/mol. The number of nitrogens with one attached hydrogen (secondary N) is 3. The molecule has 4 aromatic rings. The van der Waals surface area contributed by atoms with Crippen LogP contribution in [0.3, 0.4) is 0 Å². The van der Waals surface area contributed by atoms with Gasteiger partial charge in [-0.25, -0.2) is 18.7 Å². The molecule has 0 unspecified atom stereocenters. The first kappa shape index (κ1) is 28.8. The molecule has 0 aliphatic carbocycles. The highest BCUT2D eigenvalue weighted by Crippen LogP contribution is 2.34. The van der Waals surface area contributed by atoms with E-state index >= 15 is 0 Å². The SMILES string of the molecule is CN(C)C1CN(C(=N)NC(=O)c2cccc(Nc3ncc4c(n3)-c3ccc(I)cc3C(c3c(F)cccc3F)=NC4)c2)C1. The van der Waals surface area contributed by atoms with E-state index in [1.54, 1.807) is 30.5 Å². The summed E-state index contributed by atoms with van der Waals surface area (Å²) in [4.78, 5) is 30.6. The van der Waals surface area contributed by atoms with E-state index in [1.807, 2.05) is 37.2 Å². The summed E-state index contributed by atoms with van der Waals surface area (Å²) in [7, 11) is 3.99. The molecule has 6 rings (SSSR count). The number of aromatic nitrogens is 2. The summed E-state index contributed by atoms with van der Waals surface area (Å²) in [6.45, 7) is 1.51. The van der Waals surface area contributed by atoms with E-state index in [0.717, 1.165) is 3.57 Å². The van der Waals surface area contributed by atoms with Crippen LogP contribution >= 0.6 is 22.6 Å². The Labute approximate surface area is 260 Å². The minimum atomic E-state index is -0.690. The van der Waals surface area contributed by atoms with Crippen LogP contribution < -0.4 is 10.6 Å². The number of guanidine groups is 1. The number of hydrogen-bond donors (Lipinski definition) is 3. The third-order valence-corrected chi connectivity index (χ3v) is 8.16. The second kappa shape index (κ2) is 11.8. The van der Waals surface area contributed by atoms with E-state index < -0.39 is 17.5 Å². The lowest BCUT2D eigenvalue weighted by Gasteiger charge is -2.43. The largest absolute Gasteiger partial charge is 0.340 e. The van der Waals surface area contributed by atoms with Crippen LogP contribution in [0.4, 0.5) is 20.4 Å². The van der Waals surface area contributed by atoms with E-state index in [4.69, 9.17) is 10.4 Å². The first-order valence-electron chi connectivity index (χ1n) is 13.5. The van der Waals surface area contributed by atoms with Crippen molar-refractivity contribution in [3.63, 3.8) is 0 Å². The molecule has 12 heteroatoms. The van der Waals surface area contributed by atoms with E-state index in [2.05, 4.69) is 48.1 Å². The molecule has 0 radical (unpaired) electrons. The molecular weight excluding hydrogens is 665 g/mol. The maximum absolute atomic E-state index is 14.9. The summed E-state index contributed by atoms with van der Waals surface area (Å²) in [6.07, 6.45) is 1.64. The van der Waals surface area contributed by atoms with Gasteiger partial charge in [0, 0.05) is 56.8 Å². The predicted molar refractivity (Wildman–Crippen MR) is 170 cm³/mol. The number of aliphatic imine (C=N–C) groups is 1. The highest BCUT2D eigenvalue weighted by molar-refractivity contribution is 14.1. The van der Waals surface area contributed by atoms with Crippen molar-refractivity contribution in [2.75, 3.05) is 32.5 Å². The third-order valence-electron chi connectivity index (χ3n) is 7.49. The number of amides is 1. The van der Waals surface area contributed by atoms with Gasteiger partial charge in [-0.05, 0) is 79.2 Å². The van der Waals surface area contributed by atoms with Crippen LogP contribution in [0.1, 0.15) is 27.0 Å². The van der Waals surface area contributed by atoms with Crippen molar-refractivity contribution < 1.29 is 13.6 Å². The van der Waals surface area contributed by atoms with Gasteiger partial charge in [-0.15, -0.1) is 0 Å². The third kappa shape index (κ3) is 5.84. The van der Waals surface area contributed by atoms with Crippen molar-refractivity contribution in [3.05, 3.63) is 104 Å². The van der Waals surface area contributed by atoms with Crippen molar-refractivity contribution in [1.29, 1.82) is 5.41 Å². The average molecular weight is 693 g/mol. The molecule has 9 nitrogen and oxygen atoms in total. The van der Waals surface area contributed by atoms with Crippen molar-refractivity contribution >= 4 is 51.8 Å². The molecule has 3 aromatic carbocycles. The number of benzene rings is 3. The van der Waals surface area contributed by atoms with Gasteiger partial charge >= 0.3 is 0 Å². The zero-order valence-electron chi connectivity index (χ0n) is 23.3. The van der Waals surface area contributed by atoms with Gasteiger partial charge in [0.1, 0.15) is 11.6 Å². The van der Waals surface area contributed by atoms with E-state index in [-0.39, 0.29) is 29.7 Å². The Morgan fingerprint density at radius 1 is 1.05 bits per heavy atom. The molecule has 43 heavy (non-hydrogen) atoms. The molecular formula is C31H27F2IN8O. The predicted octanol–water partition coefficient (Wildman–Crippen LogP) is 5.03. The summed E-state index contributed by atoms with van der Waals surface area (Å²) in [5.41, 5.74) is 3.53. The van der Waals surface area contributed by atoms with Gasteiger partial charge in [-0.3, -0.25) is 20.5 Å². The van der Waals surface area contributed by atoms with Crippen LogP contribution in [0, 0.1) is 20.6 Å². The number of carbonyl (C=O) groups excluding carboxylic acids is 1. The fourth-order valence-corrected chi connectivity index (χ4v) is 5.50. The maximum atomic E-state index is 14.9. The number of likely N-dealkylation sites (N-methyl/N-ethyl adjacent to an activating group) is 1. The highest BCUT2D eigenvalue weighted by Gasteiger charge is 2.31. The zero-order chi connectivity index (χ0) is 30.2. The molecule has 1 amide bonds. The van der Waals surface area contributed by atoms with Gasteiger partial charge in [0.2, 0.25) is 5.95 Å². The Morgan fingerprint density at radius 2 is 1.79 bits per heavy atom. The van der Waals surface area contributed by atoms with E-state index in [0.29, 0.717) is 52.8 Å². The van der Waals surface area contributed by atoms with Gasteiger partial charge in [-0.2, -0.15) is 0 Å². The number of hydrogen-bond acceptors (Lipinski definition) is 7. The zero-order valence-corrected chi connectivity index (χ0v) is 25.5. The number of carbonyl (C=O) groups is 1. The average Bonchev–Trinajstić information content (AvgIpc) is 3.08. The number of nitrogens with zero attached hydrogens (tertiary/aromatic N) is 5. The number of likely N-dealkylation sites (tertiary alicyclic amines) is 1. The van der Waals surface area contributed by atoms with Crippen LogP contribution in [0.15, 0.2) is 71.9 Å². The molecule has 0 bridgehead atoms. The van der Waals surface area contributed by atoms with Crippen LogP contribution in [0.25, 0.3) is 11.3 Å². The molecule has 1 aromatic heterocycles. The Hall–Kier alpha value is -4.30. The smallest absolute Gasteiger partial charge is 0.258 e. The second-order valence-electron chi connectivity index (χ2n) is 10.5. The Bertz CT molecular complexity index is 1770. The van der Waals surface area contributed by atoms with Gasteiger partial charge in [-0.1, -0.05) is 18.2 Å². The van der Waals surface area contributed by atoms with Crippen LogP contribution in [-0.2, 0) is 6.54 Å². The topological polar surface area (TPSA) is 110 Å². The fraction of sp³-hybridized carbons (Fsp3) is 0.194. The van der Waals surface area contributed by atoms with Crippen molar-refractivity contribution in [3.8, 4) is 11.3 Å². The van der Waals surface area contributed by atoms with Gasteiger partial charge in [0.15, 0.2) is 5.96 Å². The Balaban J connectivity index is 1.25. The molecule has 0 saturated carbocycles. The molecule has 2 aliphatic heterocycles. The molecule has 3 heterocycles. The normalized spacial score (nSPS) is 14.3. The fourth-order valence-electron chi connectivity index (χ4n) is 5.01. The minimum Gasteiger partial charge on any atom is -0.340 e. The quantitative estimate of drug-likeness (QED) is 0.154. The van der Waals surface area contributed by atoms with Gasteiger partial charge in [0.05, 0.1) is 23.5 Å². The number of halogens is 3. The lowest BCUT2D eigenvalue weighted by atomic mass is 9.95. The lowest BCUT2D eigenvalue weighted by molar-refractivity contribution is 0.0942. The summed E-state index contributed by atoms with van der Waals surface area (Å²) in [6, 6.07) is 16.6. The minimum absolute atomic E-state index is 0.0701. The van der Waals surface area contributed by atoms with Gasteiger partial charge in [0.25, 0.3) is 5.91 Å². The second-order valence-corrected chi connectivity index (χ2v) is 11.8. The molecule has 0 atom stereocenters. The summed E-state index contributed by atoms with van der Waals surface area (Å²) >= 11 is 2.16. The van der Waals surface area contributed by atoms with Crippen LogP contribution in [0.2, 0.25) is 0 Å². The molecule has 0 spiro atoms. The van der Waals surface area contributed by atoms with E-state index in [9.17, 15) is 13.6 Å². The molecule has 2 aliphatic rings. The first-order valence-corrected chi connectivity index (χ1v) is 14.6. The molecule has 218 valence electrons. The number of fused-ring (bicyclic) bond motifs is 3. The number of rotatable bonds is 5. The molecule has 1 saturated heterocycles. The van der Waals surface area contributed by atoms with Crippen molar-refractivity contribution in [2.24, 2.45) is 4.99 Å². The Morgan fingerprint density at radius 3 is 2.53 bits per heavy atom. The molecule has 1 fully saturated rings. The maximum Gasteiger partial charge on any atom is 0.258 e. The van der Waals surface area contributed by atoms with Gasteiger partial charge < -0.3 is 15.1 Å². The number of anilines is 2. The first-order chi connectivity index (χ1) is 20.7. The standard InChI is InChI=1S/C31H27F2IN8O/c1-41(2)21-15-42(16-21)30(35)40-29(43)17-5-3-6-20(11-17)38-31-37-14-18-13-36-28(26-24(32)7-4-8-25(26)33)23-12-19(34)9-10-22(23)27(18)39-31/h3-12,14,21H,13,15-16H2,1-2H3,(H2,35,40,43)(H,37,38,39). The summed E-state index contributed by atoms with van der Waals surface area (Å²) in [5.74, 6) is -1.42. The van der Waals surface area contributed by atoms with E-state index in [1.165, 1.54) is 18.2 Å². The van der Waals surface area contributed by atoms with Crippen molar-refractivity contribution in [2.45, 2.75) is 12.6 Å². The van der Waals surface area contributed by atoms with Crippen LogP contribution in [0.5, 0.6) is 0 Å². The van der Waals surface area contributed by atoms with Crippen molar-refractivity contribution in [1.82, 2.24) is 25.1 Å². The summed E-state index contributed by atoms with van der Waals surface area (Å²) < 4.78 is 30.6. The Kier molecular flexibility index (Phi) is 7.88.